The Bertz CT molecular complexity index is 521. The van der Waals surface area contributed by atoms with E-state index < -0.39 is 0 Å². The first-order valence-corrected chi connectivity index (χ1v) is 5.73. The number of fused-ring (bicyclic) bond motifs is 1. The van der Waals surface area contributed by atoms with Crippen molar-refractivity contribution in [3.63, 3.8) is 0 Å². The lowest BCUT2D eigenvalue weighted by Gasteiger charge is -1.97. The van der Waals surface area contributed by atoms with Crippen LogP contribution in [-0.4, -0.2) is 5.84 Å². The minimum atomic E-state index is 0. The quantitative estimate of drug-likeness (QED) is 0.613. The van der Waals surface area contributed by atoms with E-state index in [0.717, 1.165) is 19.4 Å². The van der Waals surface area contributed by atoms with E-state index in [9.17, 15) is 0 Å². The largest absolute Gasteiger partial charge is 0.383 e. The molecule has 0 aliphatic heterocycles. The fourth-order valence-corrected chi connectivity index (χ4v) is 2.84. The van der Waals surface area contributed by atoms with Gasteiger partial charge in [-0.05, 0) is 40.5 Å². The number of nitrogens with two attached hydrogens (primary N) is 1. The summed E-state index contributed by atoms with van der Waals surface area (Å²) in [7, 11) is 0. The summed E-state index contributed by atoms with van der Waals surface area (Å²) in [5, 5.41) is 8.50. The molecule has 3 N–H and O–H groups in total. The Balaban J connectivity index is 0.00000112. The zero-order valence-corrected chi connectivity index (χ0v) is 11.2. The Morgan fingerprint density at radius 3 is 2.73 bits per heavy atom. The summed E-state index contributed by atoms with van der Waals surface area (Å²) in [6, 6.07) is 6.08. The number of halogens is 2. The molecule has 0 amide bonds. The molecule has 0 unspecified atom stereocenters. The fourth-order valence-electron chi connectivity index (χ4n) is 1.32. The summed E-state index contributed by atoms with van der Waals surface area (Å²) in [5.41, 5.74) is 6.64. The van der Waals surface area contributed by atoms with E-state index in [2.05, 4.69) is 35.0 Å². The highest BCUT2D eigenvalue weighted by Crippen LogP contribution is 2.33. The number of amidine groups is 1. The van der Waals surface area contributed by atoms with Gasteiger partial charge < -0.3 is 5.73 Å². The molecule has 2 rings (SSSR count). The van der Waals surface area contributed by atoms with Gasteiger partial charge >= 0.3 is 0 Å². The lowest BCUT2D eigenvalue weighted by molar-refractivity contribution is 1.45. The van der Waals surface area contributed by atoms with E-state index in [4.69, 9.17) is 11.1 Å². The van der Waals surface area contributed by atoms with Crippen molar-refractivity contribution in [2.45, 2.75) is 6.92 Å². The van der Waals surface area contributed by atoms with Crippen LogP contribution < -0.4 is 5.73 Å². The average molecular weight is 306 g/mol. The van der Waals surface area contributed by atoms with Gasteiger partial charge in [0.2, 0.25) is 0 Å². The number of thiophene rings is 1. The van der Waals surface area contributed by atoms with E-state index in [1.165, 1.54) is 5.56 Å². The van der Waals surface area contributed by atoms with Gasteiger partial charge in [-0.15, -0.1) is 23.7 Å². The number of rotatable bonds is 1. The van der Waals surface area contributed by atoms with Gasteiger partial charge in [0.15, 0.2) is 0 Å². The number of nitrogen functional groups attached to an aromatic ring is 1. The highest BCUT2D eigenvalue weighted by atomic mass is 79.9. The number of benzene rings is 1. The molecule has 1 aromatic carbocycles. The fraction of sp³-hybridized carbons (Fsp3) is 0.100. The molecule has 0 aliphatic rings. The highest BCUT2D eigenvalue weighted by Gasteiger charge is 2.07. The van der Waals surface area contributed by atoms with Crippen molar-refractivity contribution < 1.29 is 0 Å². The van der Waals surface area contributed by atoms with Gasteiger partial charge in [0.1, 0.15) is 5.84 Å². The van der Waals surface area contributed by atoms with E-state index in [0.29, 0.717) is 0 Å². The van der Waals surface area contributed by atoms with Crippen molar-refractivity contribution in [3.8, 4) is 0 Å². The van der Waals surface area contributed by atoms with Crippen LogP contribution in [0.4, 0.5) is 0 Å². The third kappa shape index (κ3) is 2.17. The van der Waals surface area contributed by atoms with E-state index in [1.807, 2.05) is 6.07 Å². The van der Waals surface area contributed by atoms with Crippen LogP contribution in [0.1, 0.15) is 10.4 Å². The van der Waals surface area contributed by atoms with Gasteiger partial charge in [-0.25, -0.2) is 0 Å². The highest BCUT2D eigenvalue weighted by molar-refractivity contribution is 9.10. The van der Waals surface area contributed by atoms with E-state index in [-0.39, 0.29) is 18.2 Å². The second-order valence-electron chi connectivity index (χ2n) is 3.13. The van der Waals surface area contributed by atoms with Crippen molar-refractivity contribution in [1.82, 2.24) is 0 Å². The molecule has 1 heterocycles. The zero-order chi connectivity index (χ0) is 10.3. The monoisotopic (exact) mass is 304 g/mol. The lowest BCUT2D eigenvalue weighted by Crippen LogP contribution is -2.08. The minimum absolute atomic E-state index is 0. The molecule has 2 nitrogen and oxygen atoms in total. The standard InChI is InChI=1S/C10H9BrN2S.ClH/c1-5-2-3-7-6(9(5)11)4-8(14-7)10(12)13;/h2-4H,1H3,(H3,12,13);1H. The first-order chi connectivity index (χ1) is 6.59. The molecular formula is C10H10BrClN2S. The number of nitrogens with one attached hydrogen (secondary N) is 1. The maximum Gasteiger partial charge on any atom is 0.133 e. The smallest absolute Gasteiger partial charge is 0.133 e. The van der Waals surface area contributed by atoms with Crippen molar-refractivity contribution in [2.24, 2.45) is 5.73 Å². The maximum atomic E-state index is 7.36. The van der Waals surface area contributed by atoms with E-state index >= 15 is 0 Å². The van der Waals surface area contributed by atoms with Gasteiger partial charge in [-0.3, -0.25) is 5.41 Å². The second-order valence-corrected chi connectivity index (χ2v) is 5.01. The molecule has 0 saturated heterocycles. The summed E-state index contributed by atoms with van der Waals surface area (Å²) in [4.78, 5) is 0.825. The molecule has 80 valence electrons. The van der Waals surface area contributed by atoms with Gasteiger partial charge in [0.05, 0.1) is 4.88 Å². The Labute approximate surface area is 107 Å². The molecule has 0 saturated carbocycles. The van der Waals surface area contributed by atoms with Crippen LogP contribution in [-0.2, 0) is 0 Å². The summed E-state index contributed by atoms with van der Waals surface area (Å²) in [5.74, 6) is 0.135. The molecule has 0 bridgehead atoms. The maximum absolute atomic E-state index is 7.36. The average Bonchev–Trinajstić information content (AvgIpc) is 2.56. The van der Waals surface area contributed by atoms with Gasteiger partial charge in [-0.1, -0.05) is 6.07 Å². The normalized spacial score (nSPS) is 10.0. The predicted molar refractivity (Wildman–Crippen MR) is 72.5 cm³/mol. The van der Waals surface area contributed by atoms with Crippen LogP contribution in [0.15, 0.2) is 22.7 Å². The Kier molecular flexibility index (Phi) is 3.76. The van der Waals surface area contributed by atoms with Crippen molar-refractivity contribution in [2.75, 3.05) is 0 Å². The zero-order valence-electron chi connectivity index (χ0n) is 8.00. The van der Waals surface area contributed by atoms with Crippen molar-refractivity contribution in [1.29, 1.82) is 5.41 Å². The summed E-state index contributed by atoms with van der Waals surface area (Å²) >= 11 is 5.09. The van der Waals surface area contributed by atoms with Crippen molar-refractivity contribution >= 4 is 55.6 Å². The van der Waals surface area contributed by atoms with Crippen LogP contribution in [0, 0.1) is 12.3 Å². The molecule has 0 radical (unpaired) electrons. The molecule has 0 aliphatic carbocycles. The first kappa shape index (κ1) is 12.5. The Morgan fingerprint density at radius 2 is 2.13 bits per heavy atom. The van der Waals surface area contributed by atoms with Gasteiger partial charge in [0, 0.05) is 14.6 Å². The Hall–Kier alpha value is -0.580. The minimum Gasteiger partial charge on any atom is -0.383 e. The molecule has 2 aromatic rings. The van der Waals surface area contributed by atoms with Gasteiger partial charge in [0.25, 0.3) is 0 Å². The molecule has 1 aromatic heterocycles. The summed E-state index contributed by atoms with van der Waals surface area (Å²) < 4.78 is 2.26. The molecule has 5 heteroatoms. The molecule has 15 heavy (non-hydrogen) atoms. The van der Waals surface area contributed by atoms with Crippen LogP contribution in [0.3, 0.4) is 0 Å². The van der Waals surface area contributed by atoms with Crippen molar-refractivity contribution in [3.05, 3.63) is 33.1 Å². The first-order valence-electron chi connectivity index (χ1n) is 4.12. The Morgan fingerprint density at radius 1 is 1.47 bits per heavy atom. The molecular weight excluding hydrogens is 296 g/mol. The number of hydrogen-bond acceptors (Lipinski definition) is 2. The third-order valence-electron chi connectivity index (χ3n) is 2.09. The van der Waals surface area contributed by atoms with E-state index in [1.54, 1.807) is 11.3 Å². The SMILES string of the molecule is Cc1ccc2sc(C(=N)N)cc2c1Br.Cl. The number of aryl methyl sites for hydroxylation is 1. The number of hydrogen-bond donors (Lipinski definition) is 2. The molecule has 0 fully saturated rings. The third-order valence-corrected chi connectivity index (χ3v) is 4.28. The van der Waals surface area contributed by atoms with Crippen LogP contribution >= 0.6 is 39.7 Å². The summed E-state index contributed by atoms with van der Waals surface area (Å²) in [6.07, 6.45) is 0. The molecule has 0 spiro atoms. The topological polar surface area (TPSA) is 49.9 Å². The van der Waals surface area contributed by atoms with Crippen LogP contribution in [0.25, 0.3) is 10.1 Å². The van der Waals surface area contributed by atoms with Crippen LogP contribution in [0.2, 0.25) is 0 Å². The predicted octanol–water partition coefficient (Wildman–Crippen LogP) is 3.68. The summed E-state index contributed by atoms with van der Waals surface area (Å²) in [6.45, 7) is 2.05. The van der Waals surface area contributed by atoms with Gasteiger partial charge in [-0.2, -0.15) is 0 Å². The van der Waals surface area contributed by atoms with Crippen LogP contribution in [0.5, 0.6) is 0 Å². The molecule has 0 atom stereocenters. The lowest BCUT2D eigenvalue weighted by atomic mass is 10.2. The second kappa shape index (κ2) is 4.51.